The number of ketones is 1. The molecular weight excluding hydrogens is 430 g/mol. The lowest BCUT2D eigenvalue weighted by Crippen LogP contribution is -2.06. The largest absolute Gasteiger partial charge is 0.349 e. The summed E-state index contributed by atoms with van der Waals surface area (Å²) < 4.78 is 0.663. The number of rotatable bonds is 6. The van der Waals surface area contributed by atoms with E-state index in [2.05, 4.69) is 21.2 Å². The molecule has 0 radical (unpaired) electrons. The maximum absolute atomic E-state index is 12.9. The number of nitrogens with zero attached hydrogens (tertiary/aromatic N) is 2. The number of halogens is 1. The van der Waals surface area contributed by atoms with Gasteiger partial charge in [0.2, 0.25) is 0 Å². The van der Waals surface area contributed by atoms with Crippen LogP contribution in [0.25, 0.3) is 0 Å². The second-order valence-corrected chi connectivity index (χ2v) is 6.64. The lowest BCUT2D eigenvalue weighted by Gasteiger charge is -2.12. The summed E-state index contributed by atoms with van der Waals surface area (Å²) in [5, 5.41) is 25.1. The monoisotopic (exact) mass is 441 g/mol. The van der Waals surface area contributed by atoms with Gasteiger partial charge in [-0.25, -0.2) is 0 Å². The van der Waals surface area contributed by atoms with E-state index in [-0.39, 0.29) is 11.5 Å². The molecule has 9 heteroatoms. The SMILES string of the molecule is O=C(c1ccccc1)c1cc(Br)ccc1Nc1ccc([N+](=O)[O-])cc1[N+](=O)[O-]. The highest BCUT2D eigenvalue weighted by atomic mass is 79.9. The van der Waals surface area contributed by atoms with E-state index in [1.165, 1.54) is 6.07 Å². The Morgan fingerprint density at radius 3 is 2.18 bits per heavy atom. The summed E-state index contributed by atoms with van der Waals surface area (Å²) in [7, 11) is 0. The van der Waals surface area contributed by atoms with Gasteiger partial charge in [0, 0.05) is 27.4 Å². The molecule has 140 valence electrons. The second kappa shape index (κ2) is 7.97. The minimum absolute atomic E-state index is 0.0417. The first-order chi connectivity index (χ1) is 13.4. The number of hydrogen-bond acceptors (Lipinski definition) is 6. The van der Waals surface area contributed by atoms with E-state index in [0.29, 0.717) is 21.3 Å². The van der Waals surface area contributed by atoms with E-state index < -0.39 is 21.2 Å². The summed E-state index contributed by atoms with van der Waals surface area (Å²) in [4.78, 5) is 33.7. The van der Waals surface area contributed by atoms with Crippen LogP contribution >= 0.6 is 15.9 Å². The third-order valence-electron chi connectivity index (χ3n) is 3.92. The zero-order chi connectivity index (χ0) is 20.3. The van der Waals surface area contributed by atoms with Gasteiger partial charge in [-0.15, -0.1) is 0 Å². The van der Waals surface area contributed by atoms with Gasteiger partial charge in [-0.3, -0.25) is 25.0 Å². The number of benzene rings is 3. The minimum atomic E-state index is -0.715. The molecule has 0 saturated carbocycles. The van der Waals surface area contributed by atoms with Crippen molar-refractivity contribution in [2.24, 2.45) is 0 Å². The van der Waals surface area contributed by atoms with Crippen LogP contribution in [0.4, 0.5) is 22.7 Å². The van der Waals surface area contributed by atoms with E-state index in [0.717, 1.165) is 12.1 Å². The van der Waals surface area contributed by atoms with E-state index in [4.69, 9.17) is 0 Å². The quantitative estimate of drug-likeness (QED) is 0.317. The number of anilines is 2. The van der Waals surface area contributed by atoms with E-state index in [1.807, 2.05) is 0 Å². The third-order valence-corrected chi connectivity index (χ3v) is 4.41. The molecular formula is C19H12BrN3O5. The Morgan fingerprint density at radius 2 is 1.54 bits per heavy atom. The van der Waals surface area contributed by atoms with Gasteiger partial charge in [0.15, 0.2) is 5.78 Å². The maximum Gasteiger partial charge on any atom is 0.299 e. The van der Waals surface area contributed by atoms with Gasteiger partial charge in [0.05, 0.1) is 15.9 Å². The fourth-order valence-electron chi connectivity index (χ4n) is 2.59. The van der Waals surface area contributed by atoms with E-state index >= 15 is 0 Å². The van der Waals surface area contributed by atoms with Crippen LogP contribution in [0.3, 0.4) is 0 Å². The average Bonchev–Trinajstić information content (AvgIpc) is 2.69. The lowest BCUT2D eigenvalue weighted by atomic mass is 10.0. The van der Waals surface area contributed by atoms with Crippen molar-refractivity contribution >= 4 is 44.5 Å². The molecule has 3 aromatic carbocycles. The van der Waals surface area contributed by atoms with Crippen molar-refractivity contribution in [2.75, 3.05) is 5.32 Å². The Balaban J connectivity index is 2.05. The first-order valence-electron chi connectivity index (χ1n) is 7.96. The van der Waals surface area contributed by atoms with Crippen molar-refractivity contribution in [3.63, 3.8) is 0 Å². The molecule has 0 atom stereocenters. The maximum atomic E-state index is 12.9. The molecule has 0 saturated heterocycles. The summed E-state index contributed by atoms with van der Waals surface area (Å²) in [5.74, 6) is -0.269. The second-order valence-electron chi connectivity index (χ2n) is 5.73. The zero-order valence-electron chi connectivity index (χ0n) is 14.2. The van der Waals surface area contributed by atoms with Crippen molar-refractivity contribution in [1.29, 1.82) is 0 Å². The number of carbonyl (C=O) groups excluding carboxylic acids is 1. The fourth-order valence-corrected chi connectivity index (χ4v) is 2.95. The molecule has 0 aromatic heterocycles. The molecule has 1 N–H and O–H groups in total. The topological polar surface area (TPSA) is 115 Å². The Kier molecular flexibility index (Phi) is 5.46. The van der Waals surface area contributed by atoms with Gasteiger partial charge >= 0.3 is 0 Å². The summed E-state index contributed by atoms with van der Waals surface area (Å²) in [6.45, 7) is 0. The number of carbonyl (C=O) groups is 1. The van der Waals surface area contributed by atoms with Crippen molar-refractivity contribution < 1.29 is 14.6 Å². The summed E-state index contributed by atoms with van der Waals surface area (Å²) in [5.41, 5.74) is 0.285. The minimum Gasteiger partial charge on any atom is -0.349 e. The summed E-state index contributed by atoms with van der Waals surface area (Å²) >= 11 is 3.32. The summed E-state index contributed by atoms with van der Waals surface area (Å²) in [6, 6.07) is 16.8. The highest BCUT2D eigenvalue weighted by Gasteiger charge is 2.21. The van der Waals surface area contributed by atoms with Gasteiger partial charge < -0.3 is 5.32 Å². The predicted octanol–water partition coefficient (Wildman–Crippen LogP) is 5.24. The van der Waals surface area contributed by atoms with Gasteiger partial charge in [0.1, 0.15) is 5.69 Å². The highest BCUT2D eigenvalue weighted by molar-refractivity contribution is 9.10. The molecule has 0 aliphatic carbocycles. The van der Waals surface area contributed by atoms with Crippen LogP contribution in [-0.4, -0.2) is 15.6 Å². The van der Waals surface area contributed by atoms with Crippen molar-refractivity contribution in [1.82, 2.24) is 0 Å². The van der Waals surface area contributed by atoms with Crippen LogP contribution in [0, 0.1) is 20.2 Å². The van der Waals surface area contributed by atoms with Crippen molar-refractivity contribution in [3.05, 3.63) is 103 Å². The molecule has 0 aliphatic heterocycles. The lowest BCUT2D eigenvalue weighted by molar-refractivity contribution is -0.393. The van der Waals surface area contributed by atoms with Gasteiger partial charge in [-0.1, -0.05) is 46.3 Å². The Bertz CT molecular complexity index is 1090. The Hall–Kier alpha value is -3.59. The standard InChI is InChI=1S/C19H12BrN3O5/c20-13-6-8-16(15(10-13)19(24)12-4-2-1-3-5-12)21-17-9-7-14(22(25)26)11-18(17)23(27)28/h1-11,21H. The number of nitro benzene ring substituents is 2. The highest BCUT2D eigenvalue weighted by Crippen LogP contribution is 2.33. The number of nitro groups is 2. The van der Waals surface area contributed by atoms with Crippen LogP contribution in [0.15, 0.2) is 71.2 Å². The number of nitrogens with one attached hydrogen (secondary N) is 1. The van der Waals surface area contributed by atoms with E-state index in [9.17, 15) is 25.0 Å². The molecule has 0 heterocycles. The first kappa shape index (κ1) is 19.2. The molecule has 0 bridgehead atoms. The third kappa shape index (κ3) is 4.04. The van der Waals surface area contributed by atoms with Crippen LogP contribution in [0.2, 0.25) is 0 Å². The van der Waals surface area contributed by atoms with Crippen molar-refractivity contribution in [3.8, 4) is 0 Å². The molecule has 0 amide bonds. The van der Waals surface area contributed by atoms with Crippen molar-refractivity contribution in [2.45, 2.75) is 0 Å². The van der Waals surface area contributed by atoms with Crippen LogP contribution in [0.1, 0.15) is 15.9 Å². The van der Waals surface area contributed by atoms with Crippen LogP contribution in [-0.2, 0) is 0 Å². The molecule has 0 aliphatic rings. The summed E-state index contributed by atoms with van der Waals surface area (Å²) in [6.07, 6.45) is 0. The van der Waals surface area contributed by atoms with Crippen LogP contribution in [0.5, 0.6) is 0 Å². The normalized spacial score (nSPS) is 10.3. The van der Waals surface area contributed by atoms with Gasteiger partial charge in [-0.2, -0.15) is 0 Å². The van der Waals surface area contributed by atoms with Gasteiger partial charge in [-0.05, 0) is 24.3 Å². The number of non-ortho nitro benzene ring substituents is 1. The van der Waals surface area contributed by atoms with Gasteiger partial charge in [0.25, 0.3) is 11.4 Å². The first-order valence-corrected chi connectivity index (χ1v) is 8.75. The molecule has 28 heavy (non-hydrogen) atoms. The average molecular weight is 442 g/mol. The molecule has 0 spiro atoms. The Labute approximate surface area is 167 Å². The molecule has 3 aromatic rings. The Morgan fingerprint density at radius 1 is 0.857 bits per heavy atom. The molecule has 8 nitrogen and oxygen atoms in total. The predicted molar refractivity (Wildman–Crippen MR) is 107 cm³/mol. The fraction of sp³-hybridized carbons (Fsp3) is 0. The number of hydrogen-bond donors (Lipinski definition) is 1. The molecule has 3 rings (SSSR count). The van der Waals surface area contributed by atoms with Crippen LogP contribution < -0.4 is 5.32 Å². The zero-order valence-corrected chi connectivity index (χ0v) is 15.8. The molecule has 0 unspecified atom stereocenters. The van der Waals surface area contributed by atoms with E-state index in [1.54, 1.807) is 48.5 Å². The molecule has 0 fully saturated rings. The smallest absolute Gasteiger partial charge is 0.299 e.